The van der Waals surface area contributed by atoms with Crippen molar-refractivity contribution in [3.63, 3.8) is 0 Å². The first kappa shape index (κ1) is 11.9. The highest BCUT2D eigenvalue weighted by molar-refractivity contribution is 5.74. The smallest absolute Gasteiger partial charge is 0.321 e. The number of aliphatic carboxylic acids is 1. The number of rotatable bonds is 4. The maximum Gasteiger partial charge on any atom is 0.321 e. The quantitative estimate of drug-likeness (QED) is 0.787. The van der Waals surface area contributed by atoms with Crippen LogP contribution in [0.4, 0.5) is 0 Å². The molecule has 4 nitrogen and oxygen atoms in total. The molecule has 4 heteroatoms. The van der Waals surface area contributed by atoms with Gasteiger partial charge in [-0.25, -0.2) is 0 Å². The third kappa shape index (κ3) is 2.09. The number of carboxylic acid groups (broad SMARTS) is 1. The van der Waals surface area contributed by atoms with Gasteiger partial charge < -0.3 is 9.84 Å². The molecule has 0 bridgehead atoms. The van der Waals surface area contributed by atoms with Crippen LogP contribution < -0.4 is 0 Å². The number of nitrogens with zero attached hydrogens (tertiary/aromatic N) is 1. The van der Waals surface area contributed by atoms with E-state index in [4.69, 9.17) is 4.74 Å². The van der Waals surface area contributed by atoms with Gasteiger partial charge in [-0.3, -0.25) is 9.69 Å². The van der Waals surface area contributed by atoms with Gasteiger partial charge in [-0.2, -0.15) is 0 Å². The summed E-state index contributed by atoms with van der Waals surface area (Å²) in [5, 5.41) is 9.22. The Morgan fingerprint density at radius 2 is 2.19 bits per heavy atom. The third-order valence-corrected chi connectivity index (χ3v) is 3.93. The zero-order valence-electron chi connectivity index (χ0n) is 10.1. The van der Waals surface area contributed by atoms with Crippen LogP contribution in [0, 0.1) is 5.92 Å². The number of hydrogen-bond acceptors (Lipinski definition) is 3. The minimum Gasteiger partial charge on any atom is -0.480 e. The molecule has 2 rings (SSSR count). The Morgan fingerprint density at radius 3 is 2.75 bits per heavy atom. The van der Waals surface area contributed by atoms with Gasteiger partial charge in [0.25, 0.3) is 0 Å². The molecule has 0 aromatic rings. The minimum atomic E-state index is -0.662. The lowest BCUT2D eigenvalue weighted by Gasteiger charge is -2.42. The van der Waals surface area contributed by atoms with Gasteiger partial charge in [0, 0.05) is 12.6 Å². The summed E-state index contributed by atoms with van der Waals surface area (Å²) in [6.45, 7) is 5.74. The largest absolute Gasteiger partial charge is 0.480 e. The summed E-state index contributed by atoms with van der Waals surface area (Å²) in [7, 11) is 0. The van der Waals surface area contributed by atoms with Crippen molar-refractivity contribution >= 4 is 5.97 Å². The van der Waals surface area contributed by atoms with Crippen molar-refractivity contribution in [3.8, 4) is 0 Å². The molecule has 0 aromatic heterocycles. The van der Waals surface area contributed by atoms with E-state index in [9.17, 15) is 9.90 Å². The van der Waals surface area contributed by atoms with Crippen LogP contribution in [0.2, 0.25) is 0 Å². The second-order valence-corrected chi connectivity index (χ2v) is 4.99. The summed E-state index contributed by atoms with van der Waals surface area (Å²) >= 11 is 0. The summed E-state index contributed by atoms with van der Waals surface area (Å²) in [6.07, 6.45) is 3.38. The zero-order valence-corrected chi connectivity index (χ0v) is 10.1. The van der Waals surface area contributed by atoms with E-state index in [2.05, 4.69) is 4.90 Å². The highest BCUT2D eigenvalue weighted by Crippen LogP contribution is 2.35. The van der Waals surface area contributed by atoms with Crippen molar-refractivity contribution in [2.75, 3.05) is 13.2 Å². The first-order valence-corrected chi connectivity index (χ1v) is 6.23. The zero-order chi connectivity index (χ0) is 11.7. The van der Waals surface area contributed by atoms with Gasteiger partial charge in [0.2, 0.25) is 0 Å². The fourth-order valence-corrected chi connectivity index (χ4v) is 2.95. The monoisotopic (exact) mass is 227 g/mol. The lowest BCUT2D eigenvalue weighted by molar-refractivity contribution is -0.146. The molecule has 1 N–H and O–H groups in total. The van der Waals surface area contributed by atoms with Crippen molar-refractivity contribution in [1.29, 1.82) is 0 Å². The lowest BCUT2D eigenvalue weighted by Crippen LogP contribution is -2.52. The van der Waals surface area contributed by atoms with E-state index in [0.717, 1.165) is 32.4 Å². The molecule has 2 atom stereocenters. The highest BCUT2D eigenvalue weighted by Gasteiger charge is 2.44. The van der Waals surface area contributed by atoms with Crippen LogP contribution in [0.1, 0.15) is 33.1 Å². The topological polar surface area (TPSA) is 49.8 Å². The van der Waals surface area contributed by atoms with Gasteiger partial charge in [0.05, 0.1) is 6.10 Å². The number of likely N-dealkylation sites (tertiary alicyclic amines) is 1. The first-order valence-electron chi connectivity index (χ1n) is 6.23. The molecule has 0 aromatic carbocycles. The predicted octanol–water partition coefficient (Wildman–Crippen LogP) is 1.35. The third-order valence-electron chi connectivity index (χ3n) is 3.93. The second kappa shape index (κ2) is 4.72. The average molecular weight is 227 g/mol. The molecule has 1 aliphatic carbocycles. The summed E-state index contributed by atoms with van der Waals surface area (Å²) in [4.78, 5) is 13.4. The van der Waals surface area contributed by atoms with E-state index < -0.39 is 5.97 Å². The second-order valence-electron chi connectivity index (χ2n) is 4.99. The van der Waals surface area contributed by atoms with Crippen molar-refractivity contribution in [1.82, 2.24) is 4.90 Å². The molecule has 2 unspecified atom stereocenters. The van der Waals surface area contributed by atoms with E-state index in [1.54, 1.807) is 0 Å². The van der Waals surface area contributed by atoms with Gasteiger partial charge in [-0.1, -0.05) is 6.92 Å². The predicted molar refractivity (Wildman–Crippen MR) is 60.3 cm³/mol. The molecule has 0 radical (unpaired) electrons. The maximum absolute atomic E-state index is 11.2. The van der Waals surface area contributed by atoms with Crippen LogP contribution in [0.15, 0.2) is 0 Å². The Kier molecular flexibility index (Phi) is 3.50. The molecule has 92 valence electrons. The summed E-state index contributed by atoms with van der Waals surface area (Å²) < 4.78 is 5.52. The van der Waals surface area contributed by atoms with E-state index >= 15 is 0 Å². The molecule has 1 heterocycles. The van der Waals surface area contributed by atoms with Gasteiger partial charge in [0.15, 0.2) is 0 Å². The Hall–Kier alpha value is -0.610. The minimum absolute atomic E-state index is 0.271. The van der Waals surface area contributed by atoms with E-state index in [1.165, 1.54) is 0 Å². The molecule has 2 aliphatic rings. The van der Waals surface area contributed by atoms with Gasteiger partial charge in [-0.05, 0) is 38.6 Å². The maximum atomic E-state index is 11.2. The van der Waals surface area contributed by atoms with Crippen LogP contribution in [-0.4, -0.2) is 47.3 Å². The van der Waals surface area contributed by atoms with Crippen LogP contribution in [0.25, 0.3) is 0 Å². The summed E-state index contributed by atoms with van der Waals surface area (Å²) in [6, 6.07) is 0.162. The fourth-order valence-electron chi connectivity index (χ4n) is 2.95. The Labute approximate surface area is 96.6 Å². The lowest BCUT2D eigenvalue weighted by atomic mass is 9.87. The number of ether oxygens (including phenoxy) is 1. The molecule has 0 amide bonds. The molecular weight excluding hydrogens is 206 g/mol. The normalized spacial score (nSPS) is 39.6. The van der Waals surface area contributed by atoms with Gasteiger partial charge >= 0.3 is 5.97 Å². The van der Waals surface area contributed by atoms with E-state index in [0.29, 0.717) is 12.1 Å². The molecule has 1 aliphatic heterocycles. The summed E-state index contributed by atoms with van der Waals surface area (Å²) in [5.41, 5.74) is 0. The van der Waals surface area contributed by atoms with Crippen molar-refractivity contribution in [2.45, 2.75) is 51.3 Å². The van der Waals surface area contributed by atoms with Crippen molar-refractivity contribution in [2.24, 2.45) is 5.92 Å². The molecule has 16 heavy (non-hydrogen) atoms. The van der Waals surface area contributed by atoms with Crippen molar-refractivity contribution in [3.05, 3.63) is 0 Å². The fraction of sp³-hybridized carbons (Fsp3) is 0.917. The number of hydrogen-bond donors (Lipinski definition) is 1. The van der Waals surface area contributed by atoms with Crippen LogP contribution in [0.5, 0.6) is 0 Å². The molecular formula is C12H21NO3. The Morgan fingerprint density at radius 1 is 1.50 bits per heavy atom. The van der Waals surface area contributed by atoms with Crippen LogP contribution in [0.3, 0.4) is 0 Å². The summed E-state index contributed by atoms with van der Waals surface area (Å²) in [5.74, 6) is -0.381. The van der Waals surface area contributed by atoms with Crippen LogP contribution >= 0.6 is 0 Å². The standard InChI is InChI=1S/C12H21NO3/c1-3-16-10-6-9(7-10)13-5-4-8(2)11(13)12(14)15/h8-11H,3-7H2,1-2H3,(H,14,15). The first-order chi connectivity index (χ1) is 7.63. The van der Waals surface area contributed by atoms with E-state index in [1.807, 2.05) is 13.8 Å². The molecule has 2 fully saturated rings. The number of carboxylic acids is 1. The van der Waals surface area contributed by atoms with Crippen LogP contribution in [-0.2, 0) is 9.53 Å². The Bertz CT molecular complexity index is 263. The van der Waals surface area contributed by atoms with Gasteiger partial charge in [0.1, 0.15) is 6.04 Å². The average Bonchev–Trinajstić information content (AvgIpc) is 2.52. The Balaban J connectivity index is 1.88. The molecule has 1 saturated carbocycles. The highest BCUT2D eigenvalue weighted by atomic mass is 16.5. The SMILES string of the molecule is CCOC1CC(N2CCC(C)C2C(=O)O)C1. The van der Waals surface area contributed by atoms with E-state index in [-0.39, 0.29) is 12.0 Å². The molecule has 0 spiro atoms. The molecule has 1 saturated heterocycles. The van der Waals surface area contributed by atoms with Crippen molar-refractivity contribution < 1.29 is 14.6 Å². The van der Waals surface area contributed by atoms with Gasteiger partial charge in [-0.15, -0.1) is 0 Å². The number of carbonyl (C=O) groups is 1.